The molecule has 0 aliphatic heterocycles. The SMILES string of the molecule is Cc1cc(Cl)ccc1NC(=S)Nc1cccc(C)c1C. The van der Waals surface area contributed by atoms with Crippen molar-refractivity contribution in [2.45, 2.75) is 20.8 Å². The zero-order chi connectivity index (χ0) is 14.7. The van der Waals surface area contributed by atoms with Crippen molar-refractivity contribution in [2.75, 3.05) is 10.6 Å². The number of nitrogens with one attached hydrogen (secondary N) is 2. The van der Waals surface area contributed by atoms with E-state index in [1.807, 2.05) is 37.3 Å². The third-order valence-corrected chi connectivity index (χ3v) is 3.73. The fourth-order valence-electron chi connectivity index (χ4n) is 1.93. The predicted octanol–water partition coefficient (Wildman–Crippen LogP) is 5.07. The summed E-state index contributed by atoms with van der Waals surface area (Å²) in [4.78, 5) is 0. The van der Waals surface area contributed by atoms with Crippen molar-refractivity contribution in [1.29, 1.82) is 0 Å². The van der Waals surface area contributed by atoms with E-state index < -0.39 is 0 Å². The van der Waals surface area contributed by atoms with Crippen LogP contribution in [-0.2, 0) is 0 Å². The summed E-state index contributed by atoms with van der Waals surface area (Å²) >= 11 is 11.3. The summed E-state index contributed by atoms with van der Waals surface area (Å²) in [6.45, 7) is 6.16. The Kier molecular flexibility index (Phi) is 4.63. The van der Waals surface area contributed by atoms with Crippen LogP contribution in [0.4, 0.5) is 11.4 Å². The minimum atomic E-state index is 0.573. The molecule has 0 amide bonds. The molecule has 0 aliphatic carbocycles. The first-order chi connectivity index (χ1) is 9.47. The molecular weight excluding hydrogens is 288 g/mol. The van der Waals surface area contributed by atoms with Crippen LogP contribution in [0.2, 0.25) is 5.02 Å². The average molecular weight is 305 g/mol. The number of anilines is 2. The molecule has 4 heteroatoms. The first-order valence-corrected chi connectivity index (χ1v) is 7.16. The maximum atomic E-state index is 5.95. The van der Waals surface area contributed by atoms with Gasteiger partial charge in [-0.05, 0) is 73.9 Å². The molecule has 0 saturated heterocycles. The topological polar surface area (TPSA) is 24.1 Å². The van der Waals surface area contributed by atoms with E-state index in [9.17, 15) is 0 Å². The van der Waals surface area contributed by atoms with Crippen LogP contribution in [0.5, 0.6) is 0 Å². The highest BCUT2D eigenvalue weighted by Crippen LogP contribution is 2.21. The highest BCUT2D eigenvalue weighted by atomic mass is 35.5. The quantitative estimate of drug-likeness (QED) is 0.757. The summed E-state index contributed by atoms with van der Waals surface area (Å²) in [5.74, 6) is 0. The largest absolute Gasteiger partial charge is 0.332 e. The van der Waals surface area contributed by atoms with Crippen molar-refractivity contribution in [2.24, 2.45) is 0 Å². The first-order valence-electron chi connectivity index (χ1n) is 6.38. The van der Waals surface area contributed by atoms with Gasteiger partial charge in [0.15, 0.2) is 5.11 Å². The van der Waals surface area contributed by atoms with E-state index in [0.29, 0.717) is 5.11 Å². The lowest BCUT2D eigenvalue weighted by atomic mass is 10.1. The summed E-state index contributed by atoms with van der Waals surface area (Å²) in [5, 5.41) is 7.72. The maximum absolute atomic E-state index is 5.95. The van der Waals surface area contributed by atoms with Gasteiger partial charge in [-0.15, -0.1) is 0 Å². The second-order valence-corrected chi connectivity index (χ2v) is 5.63. The number of aryl methyl sites for hydroxylation is 2. The smallest absolute Gasteiger partial charge is 0.175 e. The van der Waals surface area contributed by atoms with Crippen LogP contribution in [0.3, 0.4) is 0 Å². The van der Waals surface area contributed by atoms with E-state index in [2.05, 4.69) is 30.5 Å². The van der Waals surface area contributed by atoms with Gasteiger partial charge in [-0.1, -0.05) is 23.7 Å². The maximum Gasteiger partial charge on any atom is 0.175 e. The molecule has 0 spiro atoms. The predicted molar refractivity (Wildman–Crippen MR) is 91.9 cm³/mol. The summed E-state index contributed by atoms with van der Waals surface area (Å²) in [7, 11) is 0. The van der Waals surface area contributed by atoms with Crippen LogP contribution in [0, 0.1) is 20.8 Å². The number of halogens is 1. The molecule has 104 valence electrons. The van der Waals surface area contributed by atoms with Crippen molar-refractivity contribution >= 4 is 40.3 Å². The molecule has 2 nitrogen and oxygen atoms in total. The molecule has 2 rings (SSSR count). The van der Waals surface area contributed by atoms with Gasteiger partial charge in [0, 0.05) is 16.4 Å². The normalized spacial score (nSPS) is 10.2. The van der Waals surface area contributed by atoms with Crippen LogP contribution in [-0.4, -0.2) is 5.11 Å². The molecule has 0 atom stereocenters. The molecule has 20 heavy (non-hydrogen) atoms. The summed E-state index contributed by atoms with van der Waals surface area (Å²) < 4.78 is 0. The van der Waals surface area contributed by atoms with Crippen molar-refractivity contribution in [3.05, 3.63) is 58.1 Å². The van der Waals surface area contributed by atoms with Gasteiger partial charge < -0.3 is 10.6 Å². The van der Waals surface area contributed by atoms with Gasteiger partial charge in [-0.3, -0.25) is 0 Å². The molecule has 0 unspecified atom stereocenters. The van der Waals surface area contributed by atoms with Gasteiger partial charge in [0.2, 0.25) is 0 Å². The fourth-order valence-corrected chi connectivity index (χ4v) is 2.38. The Hall–Kier alpha value is -1.58. The van der Waals surface area contributed by atoms with Gasteiger partial charge >= 0.3 is 0 Å². The molecule has 0 radical (unpaired) electrons. The lowest BCUT2D eigenvalue weighted by molar-refractivity contribution is 1.34. The van der Waals surface area contributed by atoms with E-state index >= 15 is 0 Å². The fraction of sp³-hybridized carbons (Fsp3) is 0.188. The van der Waals surface area contributed by atoms with E-state index in [1.165, 1.54) is 11.1 Å². The highest BCUT2D eigenvalue weighted by molar-refractivity contribution is 7.80. The minimum Gasteiger partial charge on any atom is -0.332 e. The molecule has 0 bridgehead atoms. The first kappa shape index (κ1) is 14.8. The van der Waals surface area contributed by atoms with Crippen LogP contribution < -0.4 is 10.6 Å². The molecule has 2 aromatic carbocycles. The Morgan fingerprint density at radius 1 is 0.950 bits per heavy atom. The Balaban J connectivity index is 2.11. The van der Waals surface area contributed by atoms with Crippen LogP contribution >= 0.6 is 23.8 Å². The van der Waals surface area contributed by atoms with E-state index in [4.69, 9.17) is 23.8 Å². The number of benzene rings is 2. The van der Waals surface area contributed by atoms with Gasteiger partial charge in [0.25, 0.3) is 0 Å². The number of hydrogen-bond donors (Lipinski definition) is 2. The summed E-state index contributed by atoms with van der Waals surface area (Å²) in [5.41, 5.74) is 5.47. The van der Waals surface area contributed by atoms with Gasteiger partial charge in [-0.25, -0.2) is 0 Å². The number of hydrogen-bond acceptors (Lipinski definition) is 1. The molecule has 0 aromatic heterocycles. The lowest BCUT2D eigenvalue weighted by Crippen LogP contribution is -2.20. The zero-order valence-corrected chi connectivity index (χ0v) is 13.3. The lowest BCUT2D eigenvalue weighted by Gasteiger charge is -2.15. The second-order valence-electron chi connectivity index (χ2n) is 4.79. The molecule has 0 saturated carbocycles. The van der Waals surface area contributed by atoms with Crippen molar-refractivity contribution < 1.29 is 0 Å². The zero-order valence-electron chi connectivity index (χ0n) is 11.8. The van der Waals surface area contributed by atoms with Crippen LogP contribution in [0.15, 0.2) is 36.4 Å². The summed E-state index contributed by atoms with van der Waals surface area (Å²) in [6, 6.07) is 11.8. The van der Waals surface area contributed by atoms with E-state index in [-0.39, 0.29) is 0 Å². The standard InChI is InChI=1S/C16H17ClN2S/c1-10-5-4-6-15(12(10)3)19-16(20)18-14-8-7-13(17)9-11(14)2/h4-9H,1-3H3,(H2,18,19,20). The van der Waals surface area contributed by atoms with Gasteiger partial charge in [0.05, 0.1) is 0 Å². The van der Waals surface area contributed by atoms with Gasteiger partial charge in [-0.2, -0.15) is 0 Å². The van der Waals surface area contributed by atoms with Gasteiger partial charge in [0.1, 0.15) is 0 Å². The monoisotopic (exact) mass is 304 g/mol. The van der Waals surface area contributed by atoms with Crippen LogP contribution in [0.1, 0.15) is 16.7 Å². The third-order valence-electron chi connectivity index (χ3n) is 3.29. The van der Waals surface area contributed by atoms with Crippen molar-refractivity contribution in [3.8, 4) is 0 Å². The van der Waals surface area contributed by atoms with E-state index in [0.717, 1.165) is 22.0 Å². The Morgan fingerprint density at radius 3 is 2.35 bits per heavy atom. The van der Waals surface area contributed by atoms with E-state index in [1.54, 1.807) is 0 Å². The Morgan fingerprint density at radius 2 is 1.65 bits per heavy atom. The minimum absolute atomic E-state index is 0.573. The average Bonchev–Trinajstić information content (AvgIpc) is 2.38. The Bertz CT molecular complexity index is 653. The summed E-state index contributed by atoms with van der Waals surface area (Å²) in [6.07, 6.45) is 0. The Labute approximate surface area is 130 Å². The van der Waals surface area contributed by atoms with Crippen molar-refractivity contribution in [3.63, 3.8) is 0 Å². The highest BCUT2D eigenvalue weighted by Gasteiger charge is 2.05. The number of rotatable bonds is 2. The second kappa shape index (κ2) is 6.25. The molecule has 0 fully saturated rings. The third kappa shape index (κ3) is 3.50. The molecule has 0 heterocycles. The molecule has 2 aromatic rings. The van der Waals surface area contributed by atoms with Crippen LogP contribution in [0.25, 0.3) is 0 Å². The molecule has 2 N–H and O–H groups in total. The number of thiocarbonyl (C=S) groups is 1. The molecular formula is C16H17ClN2S. The van der Waals surface area contributed by atoms with Crippen molar-refractivity contribution in [1.82, 2.24) is 0 Å². The molecule has 0 aliphatic rings.